The van der Waals surface area contributed by atoms with Gasteiger partial charge in [-0.1, -0.05) is 37.5 Å². The topological polar surface area (TPSA) is 44.9 Å². The Balaban J connectivity index is 1.64. The minimum Gasteiger partial charge on any atom is -0.355 e. The monoisotopic (exact) mass is 292 g/mol. The van der Waals surface area contributed by atoms with Crippen molar-refractivity contribution in [2.45, 2.75) is 32.1 Å². The van der Waals surface area contributed by atoms with E-state index in [1.807, 2.05) is 24.3 Å². The SMILES string of the molecule is O=C(Nc1ccc2[nH]c3ccccc3c2c1)C1CCCCC1. The van der Waals surface area contributed by atoms with Crippen LogP contribution < -0.4 is 5.32 Å². The van der Waals surface area contributed by atoms with Gasteiger partial charge in [0, 0.05) is 33.4 Å². The first-order chi connectivity index (χ1) is 10.8. The first kappa shape index (κ1) is 13.4. The number of aromatic amines is 1. The van der Waals surface area contributed by atoms with Gasteiger partial charge in [-0.3, -0.25) is 4.79 Å². The molecule has 0 spiro atoms. The molecule has 0 unspecified atom stereocenters. The Hall–Kier alpha value is -2.29. The molecule has 1 saturated carbocycles. The average Bonchev–Trinajstić information content (AvgIpc) is 2.94. The third-order valence-electron chi connectivity index (χ3n) is 4.75. The summed E-state index contributed by atoms with van der Waals surface area (Å²) in [5.74, 6) is 0.367. The maximum absolute atomic E-state index is 12.4. The van der Waals surface area contributed by atoms with Gasteiger partial charge in [-0.25, -0.2) is 0 Å². The highest BCUT2D eigenvalue weighted by atomic mass is 16.1. The molecule has 0 bridgehead atoms. The Morgan fingerprint density at radius 1 is 0.955 bits per heavy atom. The first-order valence-electron chi connectivity index (χ1n) is 8.12. The van der Waals surface area contributed by atoms with Gasteiger partial charge >= 0.3 is 0 Å². The summed E-state index contributed by atoms with van der Waals surface area (Å²) in [5.41, 5.74) is 3.14. The quantitative estimate of drug-likeness (QED) is 0.697. The summed E-state index contributed by atoms with van der Waals surface area (Å²) >= 11 is 0. The molecule has 1 aliphatic carbocycles. The van der Waals surface area contributed by atoms with Crippen molar-refractivity contribution in [3.05, 3.63) is 42.5 Å². The molecule has 0 atom stereocenters. The molecule has 0 radical (unpaired) electrons. The molecule has 3 aromatic rings. The van der Waals surface area contributed by atoms with Crippen LogP contribution in [-0.4, -0.2) is 10.9 Å². The lowest BCUT2D eigenvalue weighted by atomic mass is 9.88. The van der Waals surface area contributed by atoms with Crippen LogP contribution in [-0.2, 0) is 4.79 Å². The number of hydrogen-bond acceptors (Lipinski definition) is 1. The zero-order valence-corrected chi connectivity index (χ0v) is 12.6. The third-order valence-corrected chi connectivity index (χ3v) is 4.75. The van der Waals surface area contributed by atoms with Crippen LogP contribution in [0.4, 0.5) is 5.69 Å². The van der Waals surface area contributed by atoms with E-state index >= 15 is 0 Å². The van der Waals surface area contributed by atoms with E-state index < -0.39 is 0 Å². The van der Waals surface area contributed by atoms with Crippen molar-refractivity contribution in [1.29, 1.82) is 0 Å². The van der Waals surface area contributed by atoms with Gasteiger partial charge in [0.1, 0.15) is 0 Å². The summed E-state index contributed by atoms with van der Waals surface area (Å²) in [5, 5.41) is 5.47. The molecule has 3 heteroatoms. The highest BCUT2D eigenvalue weighted by Gasteiger charge is 2.21. The highest BCUT2D eigenvalue weighted by molar-refractivity contribution is 6.09. The molecular weight excluding hydrogens is 272 g/mol. The molecule has 1 aliphatic rings. The van der Waals surface area contributed by atoms with E-state index in [0.717, 1.165) is 34.9 Å². The van der Waals surface area contributed by atoms with Crippen LogP contribution in [0, 0.1) is 5.92 Å². The summed E-state index contributed by atoms with van der Waals surface area (Å²) in [7, 11) is 0. The Morgan fingerprint density at radius 3 is 2.59 bits per heavy atom. The second kappa shape index (κ2) is 5.48. The smallest absolute Gasteiger partial charge is 0.227 e. The molecule has 2 aromatic carbocycles. The van der Waals surface area contributed by atoms with Gasteiger partial charge < -0.3 is 10.3 Å². The van der Waals surface area contributed by atoms with E-state index in [1.165, 1.54) is 24.6 Å². The number of anilines is 1. The van der Waals surface area contributed by atoms with Gasteiger partial charge in [0.25, 0.3) is 0 Å². The van der Waals surface area contributed by atoms with E-state index in [9.17, 15) is 4.79 Å². The summed E-state index contributed by atoms with van der Waals surface area (Å²) in [6, 6.07) is 14.4. The molecule has 3 nitrogen and oxygen atoms in total. The lowest BCUT2D eigenvalue weighted by Gasteiger charge is -2.20. The molecule has 1 amide bonds. The number of para-hydroxylation sites is 1. The molecule has 22 heavy (non-hydrogen) atoms. The lowest BCUT2D eigenvalue weighted by molar-refractivity contribution is -0.120. The minimum atomic E-state index is 0.180. The van der Waals surface area contributed by atoms with Gasteiger partial charge in [0.2, 0.25) is 5.91 Å². The molecule has 1 fully saturated rings. The fourth-order valence-electron chi connectivity index (χ4n) is 3.54. The van der Waals surface area contributed by atoms with Crippen LogP contribution in [0.15, 0.2) is 42.5 Å². The number of hydrogen-bond donors (Lipinski definition) is 2. The minimum absolute atomic E-state index is 0.180. The normalized spacial score (nSPS) is 16.2. The number of rotatable bonds is 2. The standard InChI is InChI=1S/C19H20N2O/c22-19(13-6-2-1-3-7-13)20-14-10-11-18-16(12-14)15-8-4-5-9-17(15)21-18/h4-5,8-13,21H,1-3,6-7H2,(H,20,22). The van der Waals surface area contributed by atoms with Crippen molar-refractivity contribution in [3.63, 3.8) is 0 Å². The van der Waals surface area contributed by atoms with Crippen molar-refractivity contribution < 1.29 is 4.79 Å². The van der Waals surface area contributed by atoms with Crippen LogP contribution in [0.1, 0.15) is 32.1 Å². The van der Waals surface area contributed by atoms with Crippen molar-refractivity contribution in [1.82, 2.24) is 4.98 Å². The van der Waals surface area contributed by atoms with E-state index in [0.29, 0.717) is 0 Å². The summed E-state index contributed by atoms with van der Waals surface area (Å²) in [6.07, 6.45) is 5.69. The summed E-state index contributed by atoms with van der Waals surface area (Å²) < 4.78 is 0. The Kier molecular flexibility index (Phi) is 3.34. The largest absolute Gasteiger partial charge is 0.355 e. The fourth-order valence-corrected chi connectivity index (χ4v) is 3.54. The molecular formula is C19H20N2O. The Morgan fingerprint density at radius 2 is 1.73 bits per heavy atom. The summed E-state index contributed by atoms with van der Waals surface area (Å²) in [6.45, 7) is 0. The van der Waals surface area contributed by atoms with Crippen molar-refractivity contribution >= 4 is 33.4 Å². The number of H-pyrrole nitrogens is 1. The van der Waals surface area contributed by atoms with Gasteiger partial charge in [0.05, 0.1) is 0 Å². The van der Waals surface area contributed by atoms with Crippen LogP contribution >= 0.6 is 0 Å². The van der Waals surface area contributed by atoms with Crippen LogP contribution in [0.5, 0.6) is 0 Å². The molecule has 0 aliphatic heterocycles. The first-order valence-corrected chi connectivity index (χ1v) is 8.12. The van der Waals surface area contributed by atoms with Gasteiger partial charge in [-0.2, -0.15) is 0 Å². The number of carbonyl (C=O) groups is 1. The zero-order chi connectivity index (χ0) is 14.9. The molecule has 0 saturated heterocycles. The Bertz CT molecular complexity index is 828. The zero-order valence-electron chi connectivity index (χ0n) is 12.6. The van der Waals surface area contributed by atoms with Crippen LogP contribution in [0.3, 0.4) is 0 Å². The Labute approximate surface area is 129 Å². The van der Waals surface area contributed by atoms with Gasteiger partial charge in [-0.15, -0.1) is 0 Å². The van der Waals surface area contributed by atoms with E-state index in [-0.39, 0.29) is 11.8 Å². The fraction of sp³-hybridized carbons (Fsp3) is 0.316. The predicted octanol–water partition coefficient (Wildman–Crippen LogP) is 4.84. The van der Waals surface area contributed by atoms with E-state index in [4.69, 9.17) is 0 Å². The van der Waals surface area contributed by atoms with E-state index in [2.05, 4.69) is 28.5 Å². The number of benzene rings is 2. The number of aromatic nitrogens is 1. The van der Waals surface area contributed by atoms with Crippen molar-refractivity contribution in [3.8, 4) is 0 Å². The number of fused-ring (bicyclic) bond motifs is 3. The maximum Gasteiger partial charge on any atom is 0.227 e. The van der Waals surface area contributed by atoms with E-state index in [1.54, 1.807) is 0 Å². The molecule has 1 aromatic heterocycles. The van der Waals surface area contributed by atoms with Crippen molar-refractivity contribution in [2.24, 2.45) is 5.92 Å². The van der Waals surface area contributed by atoms with Gasteiger partial charge in [0.15, 0.2) is 0 Å². The van der Waals surface area contributed by atoms with Crippen LogP contribution in [0.2, 0.25) is 0 Å². The summed E-state index contributed by atoms with van der Waals surface area (Å²) in [4.78, 5) is 15.8. The number of carbonyl (C=O) groups excluding carboxylic acids is 1. The van der Waals surface area contributed by atoms with Crippen LogP contribution in [0.25, 0.3) is 21.8 Å². The maximum atomic E-state index is 12.4. The molecule has 1 heterocycles. The van der Waals surface area contributed by atoms with Gasteiger partial charge in [-0.05, 0) is 37.1 Å². The molecule has 4 rings (SSSR count). The average molecular weight is 292 g/mol. The number of amides is 1. The lowest BCUT2D eigenvalue weighted by Crippen LogP contribution is -2.24. The number of nitrogens with one attached hydrogen (secondary N) is 2. The van der Waals surface area contributed by atoms with Crippen molar-refractivity contribution in [2.75, 3.05) is 5.32 Å². The molecule has 2 N–H and O–H groups in total. The molecule has 112 valence electrons. The second-order valence-electron chi connectivity index (χ2n) is 6.26. The second-order valence-corrected chi connectivity index (χ2v) is 6.26. The predicted molar refractivity (Wildman–Crippen MR) is 91.0 cm³/mol. The third kappa shape index (κ3) is 2.37. The highest BCUT2D eigenvalue weighted by Crippen LogP contribution is 2.29.